The fourth-order valence-electron chi connectivity index (χ4n) is 3.82. The van der Waals surface area contributed by atoms with Crippen molar-refractivity contribution < 1.29 is 19.8 Å². The number of phenols is 1. The number of fused-ring (bicyclic) bond motifs is 1. The van der Waals surface area contributed by atoms with Crippen molar-refractivity contribution in [3.05, 3.63) is 69.5 Å². The molecule has 0 unspecified atom stereocenters. The SMILES string of the molecule is Cc1cccc2c1C(=O)C(c1cc(C(C)(C)C)c(O)c(C(C)(C)C)c1)=C(O)C2=O. The Kier molecular flexibility index (Phi) is 4.73. The maximum Gasteiger partial charge on any atom is 0.228 e. The second kappa shape index (κ2) is 6.58. The van der Waals surface area contributed by atoms with Crippen molar-refractivity contribution >= 4 is 17.1 Å². The number of hydrogen-bond donors (Lipinski definition) is 2. The Balaban J connectivity index is 2.36. The molecule has 0 spiro atoms. The normalized spacial score (nSPS) is 15.0. The summed E-state index contributed by atoms with van der Waals surface area (Å²) in [6.45, 7) is 13.6. The van der Waals surface area contributed by atoms with Gasteiger partial charge in [0.25, 0.3) is 0 Å². The molecule has 0 amide bonds. The van der Waals surface area contributed by atoms with E-state index >= 15 is 0 Å². The lowest BCUT2D eigenvalue weighted by Gasteiger charge is -2.29. The molecule has 0 aliphatic heterocycles. The smallest absolute Gasteiger partial charge is 0.228 e. The summed E-state index contributed by atoms with van der Waals surface area (Å²) in [4.78, 5) is 26.2. The van der Waals surface area contributed by atoms with Gasteiger partial charge in [0.1, 0.15) is 5.75 Å². The van der Waals surface area contributed by atoms with Crippen LogP contribution in [0.4, 0.5) is 0 Å². The van der Waals surface area contributed by atoms with Crippen LogP contribution in [0, 0.1) is 6.92 Å². The summed E-state index contributed by atoms with van der Waals surface area (Å²) in [5.74, 6) is -1.29. The zero-order chi connectivity index (χ0) is 21.9. The van der Waals surface area contributed by atoms with Gasteiger partial charge in [-0.1, -0.05) is 59.7 Å². The first-order valence-corrected chi connectivity index (χ1v) is 9.75. The number of rotatable bonds is 1. The summed E-state index contributed by atoms with van der Waals surface area (Å²) < 4.78 is 0. The van der Waals surface area contributed by atoms with Crippen LogP contribution < -0.4 is 0 Å². The van der Waals surface area contributed by atoms with Gasteiger partial charge >= 0.3 is 0 Å². The van der Waals surface area contributed by atoms with Gasteiger partial charge in [0.2, 0.25) is 5.78 Å². The Morgan fingerprint density at radius 2 is 1.31 bits per heavy atom. The quantitative estimate of drug-likeness (QED) is 0.658. The third kappa shape index (κ3) is 3.37. The predicted octanol–water partition coefficient (Wildman–Crippen LogP) is 5.64. The molecule has 2 aromatic rings. The first kappa shape index (κ1) is 20.8. The lowest BCUT2D eigenvalue weighted by molar-refractivity contribution is 0.0947. The minimum Gasteiger partial charge on any atom is -0.507 e. The van der Waals surface area contributed by atoms with Crippen molar-refractivity contribution in [2.24, 2.45) is 0 Å². The standard InChI is InChI=1S/C25H28O4/c1-13-9-8-10-15-18(13)22(28)19(23(29)20(15)26)14-11-16(24(2,3)4)21(27)17(12-14)25(5,6)7/h8-12,27,29H,1-7H3. The Morgan fingerprint density at radius 3 is 1.79 bits per heavy atom. The summed E-state index contributed by atoms with van der Waals surface area (Å²) in [5.41, 5.74) is 2.21. The van der Waals surface area contributed by atoms with E-state index in [1.54, 1.807) is 37.3 Å². The highest BCUT2D eigenvalue weighted by atomic mass is 16.3. The highest BCUT2D eigenvalue weighted by Gasteiger charge is 2.36. The molecule has 152 valence electrons. The van der Waals surface area contributed by atoms with Gasteiger partial charge in [-0.05, 0) is 41.0 Å². The molecular formula is C25H28O4. The van der Waals surface area contributed by atoms with E-state index in [9.17, 15) is 19.8 Å². The van der Waals surface area contributed by atoms with Gasteiger partial charge in [-0.15, -0.1) is 0 Å². The molecule has 29 heavy (non-hydrogen) atoms. The highest BCUT2D eigenvalue weighted by Crippen LogP contribution is 2.43. The number of Topliss-reactive ketones (excluding diaryl/α,β-unsaturated/α-hetero) is 2. The van der Waals surface area contributed by atoms with Gasteiger partial charge < -0.3 is 10.2 Å². The molecule has 1 aliphatic rings. The number of aliphatic hydroxyl groups excluding tert-OH is 1. The molecule has 0 saturated heterocycles. The summed E-state index contributed by atoms with van der Waals surface area (Å²) in [6, 6.07) is 8.47. The number of phenolic OH excluding ortho intramolecular Hbond substituents is 1. The number of aryl methyl sites for hydroxylation is 1. The van der Waals surface area contributed by atoms with E-state index in [0.29, 0.717) is 27.8 Å². The molecule has 2 aromatic carbocycles. The fraction of sp³-hybridized carbons (Fsp3) is 0.360. The number of aliphatic hydroxyl groups is 1. The van der Waals surface area contributed by atoms with E-state index in [4.69, 9.17) is 0 Å². The largest absolute Gasteiger partial charge is 0.507 e. The van der Waals surface area contributed by atoms with E-state index < -0.39 is 22.4 Å². The Bertz CT molecular complexity index is 1040. The average Bonchev–Trinajstić information content (AvgIpc) is 2.58. The molecule has 4 heteroatoms. The molecule has 0 saturated carbocycles. The maximum absolute atomic E-state index is 13.4. The molecule has 4 nitrogen and oxygen atoms in total. The summed E-state index contributed by atoms with van der Waals surface area (Å²) in [6.07, 6.45) is 0. The molecule has 1 aliphatic carbocycles. The number of carbonyl (C=O) groups is 2. The molecule has 2 N–H and O–H groups in total. The average molecular weight is 392 g/mol. The van der Waals surface area contributed by atoms with Crippen LogP contribution in [-0.2, 0) is 10.8 Å². The van der Waals surface area contributed by atoms with Crippen LogP contribution in [-0.4, -0.2) is 21.8 Å². The molecule has 0 atom stereocenters. The monoisotopic (exact) mass is 392 g/mol. The van der Waals surface area contributed by atoms with Crippen LogP contribution >= 0.6 is 0 Å². The first-order chi connectivity index (χ1) is 13.2. The van der Waals surface area contributed by atoms with Crippen LogP contribution in [0.5, 0.6) is 5.75 Å². The Hall–Kier alpha value is -2.88. The second-order valence-corrected chi connectivity index (χ2v) is 9.80. The number of ketones is 2. The number of benzene rings is 2. The van der Waals surface area contributed by atoms with Crippen molar-refractivity contribution in [3.8, 4) is 5.75 Å². The second-order valence-electron chi connectivity index (χ2n) is 9.80. The molecule has 0 aromatic heterocycles. The van der Waals surface area contributed by atoms with Crippen molar-refractivity contribution in [2.75, 3.05) is 0 Å². The van der Waals surface area contributed by atoms with E-state index in [1.165, 1.54) is 0 Å². The number of allylic oxidation sites excluding steroid dienone is 2. The van der Waals surface area contributed by atoms with E-state index in [-0.39, 0.29) is 22.7 Å². The van der Waals surface area contributed by atoms with Crippen LogP contribution in [0.1, 0.15) is 84.5 Å². The van der Waals surface area contributed by atoms with Crippen LogP contribution in [0.2, 0.25) is 0 Å². The minimum atomic E-state index is -0.555. The summed E-state index contributed by atoms with van der Waals surface area (Å²) >= 11 is 0. The third-order valence-electron chi connectivity index (χ3n) is 5.44. The number of hydrogen-bond acceptors (Lipinski definition) is 4. The zero-order valence-corrected chi connectivity index (χ0v) is 18.1. The first-order valence-electron chi connectivity index (χ1n) is 9.75. The van der Waals surface area contributed by atoms with Crippen molar-refractivity contribution in [1.82, 2.24) is 0 Å². The van der Waals surface area contributed by atoms with Gasteiger partial charge in [-0.25, -0.2) is 0 Å². The van der Waals surface area contributed by atoms with Gasteiger partial charge in [0.05, 0.1) is 5.57 Å². The number of carbonyl (C=O) groups excluding carboxylic acids is 2. The van der Waals surface area contributed by atoms with E-state index in [1.807, 2.05) is 41.5 Å². The molecule has 0 heterocycles. The molecule has 3 rings (SSSR count). The van der Waals surface area contributed by atoms with Crippen molar-refractivity contribution in [2.45, 2.75) is 59.3 Å². The molecule has 0 radical (unpaired) electrons. The maximum atomic E-state index is 13.4. The topological polar surface area (TPSA) is 74.6 Å². The minimum absolute atomic E-state index is 0.00667. The third-order valence-corrected chi connectivity index (χ3v) is 5.44. The van der Waals surface area contributed by atoms with Gasteiger partial charge in [-0.2, -0.15) is 0 Å². The van der Waals surface area contributed by atoms with E-state index in [0.717, 1.165) is 0 Å². The lowest BCUT2D eigenvalue weighted by Crippen LogP contribution is -2.24. The van der Waals surface area contributed by atoms with Crippen molar-refractivity contribution in [3.63, 3.8) is 0 Å². The van der Waals surface area contributed by atoms with Gasteiger partial charge in [0, 0.05) is 22.3 Å². The van der Waals surface area contributed by atoms with Gasteiger partial charge in [-0.3, -0.25) is 9.59 Å². The lowest BCUT2D eigenvalue weighted by atomic mass is 9.76. The Labute approximate surface area is 171 Å². The fourth-order valence-corrected chi connectivity index (χ4v) is 3.82. The van der Waals surface area contributed by atoms with Crippen molar-refractivity contribution in [1.29, 1.82) is 0 Å². The van der Waals surface area contributed by atoms with Crippen LogP contribution in [0.3, 0.4) is 0 Å². The molecule has 0 bridgehead atoms. The summed E-state index contributed by atoms with van der Waals surface area (Å²) in [7, 11) is 0. The molecule has 0 fully saturated rings. The summed E-state index contributed by atoms with van der Waals surface area (Å²) in [5, 5.41) is 21.6. The van der Waals surface area contributed by atoms with Crippen LogP contribution in [0.25, 0.3) is 5.57 Å². The molecular weight excluding hydrogens is 364 g/mol. The number of aromatic hydroxyl groups is 1. The van der Waals surface area contributed by atoms with Crippen LogP contribution in [0.15, 0.2) is 36.1 Å². The van der Waals surface area contributed by atoms with E-state index in [2.05, 4.69) is 0 Å². The zero-order valence-electron chi connectivity index (χ0n) is 18.1. The predicted molar refractivity (Wildman–Crippen MR) is 115 cm³/mol. The highest BCUT2D eigenvalue weighted by molar-refractivity contribution is 6.40. The Morgan fingerprint density at radius 1 is 0.793 bits per heavy atom. The van der Waals surface area contributed by atoms with Gasteiger partial charge in [0.15, 0.2) is 11.5 Å².